The van der Waals surface area contributed by atoms with Gasteiger partial charge in [0.05, 0.1) is 30.5 Å². The van der Waals surface area contributed by atoms with Crippen LogP contribution in [0.15, 0.2) is 34.8 Å². The molecule has 27 heavy (non-hydrogen) atoms. The molecule has 6 heteroatoms. The first-order chi connectivity index (χ1) is 13.1. The second-order valence-corrected chi connectivity index (χ2v) is 7.59. The van der Waals surface area contributed by atoms with E-state index in [1.165, 1.54) is 5.69 Å². The van der Waals surface area contributed by atoms with E-state index in [4.69, 9.17) is 14.5 Å². The first-order valence-corrected chi connectivity index (χ1v) is 9.83. The Morgan fingerprint density at radius 2 is 1.81 bits per heavy atom. The van der Waals surface area contributed by atoms with Crippen LogP contribution < -0.4 is 4.74 Å². The molecule has 1 aromatic carbocycles. The molecule has 3 aromatic rings. The Hall–Kier alpha value is -2.18. The number of hydrogen-bond acceptors (Lipinski definition) is 4. The van der Waals surface area contributed by atoms with Crippen LogP contribution in [0.1, 0.15) is 17.1 Å². The molecule has 0 bridgehead atoms. The third-order valence-electron chi connectivity index (χ3n) is 4.78. The van der Waals surface area contributed by atoms with Crippen molar-refractivity contribution in [3.05, 3.63) is 51.9 Å². The van der Waals surface area contributed by atoms with Crippen LogP contribution in [0.2, 0.25) is 0 Å². The molecule has 0 atom stereocenters. The molecule has 0 amide bonds. The van der Waals surface area contributed by atoms with Crippen molar-refractivity contribution >= 4 is 15.9 Å². The SMILES string of the molecule is COc1cc(-c2nc(-c3cc(C)nc(C)c3)c3n2CCOCC3)ccc1Br. The first kappa shape index (κ1) is 18.2. The molecule has 0 unspecified atom stereocenters. The monoisotopic (exact) mass is 427 g/mol. The average molecular weight is 428 g/mol. The molecule has 0 fully saturated rings. The number of imidazole rings is 1. The lowest BCUT2D eigenvalue weighted by Gasteiger charge is -2.10. The highest BCUT2D eigenvalue weighted by Crippen LogP contribution is 2.35. The quantitative estimate of drug-likeness (QED) is 0.613. The third-order valence-corrected chi connectivity index (χ3v) is 5.43. The van der Waals surface area contributed by atoms with Gasteiger partial charge in [-0.25, -0.2) is 4.98 Å². The molecule has 4 rings (SSSR count). The lowest BCUT2D eigenvalue weighted by atomic mass is 10.1. The second kappa shape index (κ2) is 7.44. The van der Waals surface area contributed by atoms with Crippen molar-refractivity contribution in [2.75, 3.05) is 20.3 Å². The number of methoxy groups -OCH3 is 1. The van der Waals surface area contributed by atoms with E-state index in [1.54, 1.807) is 7.11 Å². The van der Waals surface area contributed by atoms with Crippen molar-refractivity contribution in [1.29, 1.82) is 0 Å². The molecule has 0 radical (unpaired) electrons. The molecule has 1 aliphatic rings. The molecule has 0 aliphatic carbocycles. The van der Waals surface area contributed by atoms with Gasteiger partial charge in [0.1, 0.15) is 11.6 Å². The zero-order chi connectivity index (χ0) is 19.0. The summed E-state index contributed by atoms with van der Waals surface area (Å²) in [5.74, 6) is 1.75. The molecule has 0 saturated carbocycles. The highest BCUT2D eigenvalue weighted by molar-refractivity contribution is 9.10. The summed E-state index contributed by atoms with van der Waals surface area (Å²) in [6.07, 6.45) is 0.844. The lowest BCUT2D eigenvalue weighted by Crippen LogP contribution is -2.06. The molecule has 0 saturated heterocycles. The number of fused-ring (bicyclic) bond motifs is 1. The summed E-state index contributed by atoms with van der Waals surface area (Å²) >= 11 is 3.53. The number of benzene rings is 1. The third kappa shape index (κ3) is 3.51. The molecule has 2 aromatic heterocycles. The van der Waals surface area contributed by atoms with Crippen molar-refractivity contribution in [3.8, 4) is 28.4 Å². The Morgan fingerprint density at radius 3 is 2.56 bits per heavy atom. The fourth-order valence-corrected chi connectivity index (χ4v) is 4.04. The van der Waals surface area contributed by atoms with Crippen molar-refractivity contribution in [2.24, 2.45) is 0 Å². The first-order valence-electron chi connectivity index (χ1n) is 9.03. The predicted molar refractivity (Wildman–Crippen MR) is 109 cm³/mol. The maximum absolute atomic E-state index is 5.74. The van der Waals surface area contributed by atoms with E-state index < -0.39 is 0 Å². The van der Waals surface area contributed by atoms with Crippen LogP contribution in [0.25, 0.3) is 22.6 Å². The zero-order valence-electron chi connectivity index (χ0n) is 15.8. The smallest absolute Gasteiger partial charge is 0.141 e. The molecule has 0 spiro atoms. The molecule has 1 aliphatic heterocycles. The summed E-state index contributed by atoms with van der Waals surface area (Å²) in [7, 11) is 1.68. The van der Waals surface area contributed by atoms with Gasteiger partial charge < -0.3 is 14.0 Å². The number of hydrogen-bond donors (Lipinski definition) is 0. The van der Waals surface area contributed by atoms with Gasteiger partial charge in [-0.3, -0.25) is 4.98 Å². The lowest BCUT2D eigenvalue weighted by molar-refractivity contribution is 0.140. The highest BCUT2D eigenvalue weighted by atomic mass is 79.9. The standard InChI is InChI=1S/C21H22BrN3O2/c1-13-10-16(11-14(2)23-13)20-18-6-8-27-9-7-25(18)21(24-20)15-4-5-17(22)19(12-15)26-3/h4-5,10-12H,6-9H2,1-3H3. The van der Waals surface area contributed by atoms with Gasteiger partial charge in [-0.2, -0.15) is 0 Å². The van der Waals surface area contributed by atoms with Gasteiger partial charge in [0, 0.05) is 41.2 Å². The Balaban J connectivity index is 1.92. The van der Waals surface area contributed by atoms with E-state index in [-0.39, 0.29) is 0 Å². The van der Waals surface area contributed by atoms with Gasteiger partial charge in [-0.1, -0.05) is 0 Å². The summed E-state index contributed by atoms with van der Waals surface area (Å²) < 4.78 is 14.4. The minimum Gasteiger partial charge on any atom is -0.496 e. The molecular weight excluding hydrogens is 406 g/mol. The van der Waals surface area contributed by atoms with Crippen LogP contribution in [-0.2, 0) is 17.7 Å². The topological polar surface area (TPSA) is 49.2 Å². The number of ether oxygens (including phenoxy) is 2. The van der Waals surface area contributed by atoms with Crippen molar-refractivity contribution in [2.45, 2.75) is 26.8 Å². The van der Waals surface area contributed by atoms with Crippen LogP contribution in [0.3, 0.4) is 0 Å². The second-order valence-electron chi connectivity index (χ2n) is 6.73. The average Bonchev–Trinajstić information content (AvgIpc) is 2.83. The van der Waals surface area contributed by atoms with Crippen molar-refractivity contribution in [1.82, 2.24) is 14.5 Å². The van der Waals surface area contributed by atoms with E-state index in [0.29, 0.717) is 13.2 Å². The fraction of sp³-hybridized carbons (Fsp3) is 0.333. The number of nitrogens with zero attached hydrogens (tertiary/aromatic N) is 3. The molecule has 140 valence electrons. The molecule has 0 N–H and O–H groups in total. The number of pyridine rings is 1. The minimum atomic E-state index is 0.692. The Kier molecular flexibility index (Phi) is 5.02. The Morgan fingerprint density at radius 1 is 1.04 bits per heavy atom. The summed E-state index contributed by atoms with van der Waals surface area (Å²) in [6, 6.07) is 10.3. The van der Waals surface area contributed by atoms with Gasteiger partial charge in [-0.05, 0) is 60.1 Å². The van der Waals surface area contributed by atoms with Crippen LogP contribution in [0.4, 0.5) is 0 Å². The van der Waals surface area contributed by atoms with Crippen molar-refractivity contribution in [3.63, 3.8) is 0 Å². The van der Waals surface area contributed by atoms with E-state index >= 15 is 0 Å². The molecule has 3 heterocycles. The summed E-state index contributed by atoms with van der Waals surface area (Å²) in [4.78, 5) is 9.58. The van der Waals surface area contributed by atoms with E-state index in [9.17, 15) is 0 Å². The molecule has 5 nitrogen and oxygen atoms in total. The summed E-state index contributed by atoms with van der Waals surface area (Å²) in [5, 5.41) is 0. The van der Waals surface area contributed by atoms with Gasteiger partial charge >= 0.3 is 0 Å². The highest BCUT2D eigenvalue weighted by Gasteiger charge is 2.22. The Labute approximate surface area is 167 Å². The summed E-state index contributed by atoms with van der Waals surface area (Å²) in [5.41, 5.74) is 6.39. The van der Waals surface area contributed by atoms with Crippen LogP contribution >= 0.6 is 15.9 Å². The van der Waals surface area contributed by atoms with Gasteiger partial charge in [0.2, 0.25) is 0 Å². The van der Waals surface area contributed by atoms with E-state index in [2.05, 4.69) is 43.7 Å². The van der Waals surface area contributed by atoms with Crippen LogP contribution in [0.5, 0.6) is 5.75 Å². The number of aryl methyl sites for hydroxylation is 2. The molecular formula is C21H22BrN3O2. The summed E-state index contributed by atoms with van der Waals surface area (Å²) in [6.45, 7) is 6.24. The maximum Gasteiger partial charge on any atom is 0.141 e. The van der Waals surface area contributed by atoms with Gasteiger partial charge in [0.15, 0.2) is 0 Å². The normalized spacial score (nSPS) is 13.9. The van der Waals surface area contributed by atoms with Crippen LogP contribution in [-0.4, -0.2) is 34.9 Å². The van der Waals surface area contributed by atoms with E-state index in [1.807, 2.05) is 26.0 Å². The Bertz CT molecular complexity index is 977. The maximum atomic E-state index is 5.74. The van der Waals surface area contributed by atoms with Gasteiger partial charge in [0.25, 0.3) is 0 Å². The largest absolute Gasteiger partial charge is 0.496 e. The van der Waals surface area contributed by atoms with Crippen molar-refractivity contribution < 1.29 is 9.47 Å². The minimum absolute atomic E-state index is 0.692. The van der Waals surface area contributed by atoms with E-state index in [0.717, 1.165) is 57.2 Å². The van der Waals surface area contributed by atoms with Gasteiger partial charge in [-0.15, -0.1) is 0 Å². The number of halogens is 1. The number of rotatable bonds is 3. The zero-order valence-corrected chi connectivity index (χ0v) is 17.3. The fourth-order valence-electron chi connectivity index (χ4n) is 3.63. The van der Waals surface area contributed by atoms with Crippen LogP contribution in [0, 0.1) is 13.8 Å². The predicted octanol–water partition coefficient (Wildman–Crippen LogP) is 4.57. The number of aromatic nitrogens is 3.